The third-order valence-electron chi connectivity index (χ3n) is 1.39. The summed E-state index contributed by atoms with van der Waals surface area (Å²) in [5.41, 5.74) is 0.549. The summed E-state index contributed by atoms with van der Waals surface area (Å²) < 4.78 is 0. The summed E-state index contributed by atoms with van der Waals surface area (Å²) in [6.07, 6.45) is 1.09. The molecule has 0 saturated carbocycles. The van der Waals surface area contributed by atoms with E-state index in [0.717, 1.165) is 6.08 Å². The van der Waals surface area contributed by atoms with E-state index in [1.165, 1.54) is 6.92 Å². The molecule has 7 heteroatoms. The van der Waals surface area contributed by atoms with Gasteiger partial charge in [0.2, 0.25) is 0 Å². The van der Waals surface area contributed by atoms with Crippen molar-refractivity contribution < 1.29 is 37.7 Å². The predicted octanol–water partition coefficient (Wildman–Crippen LogP) is 2.35. The number of rotatable bonds is 2. The molecule has 121 valence electrons. The van der Waals surface area contributed by atoms with Crippen molar-refractivity contribution in [2.75, 3.05) is 13.2 Å². The third-order valence-corrected chi connectivity index (χ3v) is 1.39. The van der Waals surface area contributed by atoms with Gasteiger partial charge in [-0.2, -0.15) is 0 Å². The number of aliphatic hydroxyl groups excluding tert-OH is 2. The molecule has 0 radical (unpaired) electrons. The van der Waals surface area contributed by atoms with Crippen molar-refractivity contribution in [3.63, 3.8) is 0 Å². The van der Waals surface area contributed by atoms with Gasteiger partial charge in [-0.25, -0.2) is 0 Å². The zero-order valence-corrected chi connectivity index (χ0v) is 16.0. The zero-order chi connectivity index (χ0) is 17.1. The number of hydrogen-bond donors (Lipinski definition) is 2. The molecule has 0 saturated heterocycles. The van der Waals surface area contributed by atoms with Gasteiger partial charge in [0.05, 0.1) is 0 Å². The molecule has 0 fully saturated rings. The number of carbonyl (C=O) groups excluding carboxylic acids is 1. The fourth-order valence-electron chi connectivity index (χ4n) is 0.870. The molecule has 0 aromatic heterocycles. The number of ketones is 1. The normalized spacial score (nSPS) is 8.81. The third kappa shape index (κ3) is 25.0. The molecule has 0 aliphatic heterocycles. The van der Waals surface area contributed by atoms with E-state index < -0.39 is 17.6 Å². The molecule has 21 heavy (non-hydrogen) atoms. The Kier molecular flexibility index (Phi) is 26.8. The van der Waals surface area contributed by atoms with Gasteiger partial charge in [-0.15, -0.1) is 0 Å². The first-order chi connectivity index (χ1) is 9.94. The zero-order valence-electron chi connectivity index (χ0n) is 12.3. The molecule has 0 unspecified atom stereocenters. The van der Waals surface area contributed by atoms with Crippen LogP contribution in [0, 0.1) is 0 Å². The molecule has 0 amide bonds. The van der Waals surface area contributed by atoms with Crippen LogP contribution >= 0.6 is 18.4 Å². The average molecular weight is 417 g/mol. The molecule has 1 rings (SSSR count). The summed E-state index contributed by atoms with van der Waals surface area (Å²) in [4.78, 5) is 10.6. The van der Waals surface area contributed by atoms with Crippen molar-refractivity contribution in [2.45, 2.75) is 20.8 Å². The van der Waals surface area contributed by atoms with E-state index in [1.807, 2.05) is 6.07 Å². The maximum atomic E-state index is 11.2. The summed E-state index contributed by atoms with van der Waals surface area (Å²) in [5, 5.41) is 26.3. The van der Waals surface area contributed by atoms with E-state index >= 15 is 0 Å². The fraction of sp³-hybridized carbons (Fsp3) is 0.357. The SMILES string of the molecule is CC(=O)/C=C(\[O-])c1ccccc1.CCO.CCO.[Cl][Nb][Cl]. The first kappa shape index (κ1) is 25.6. The molecule has 2 N–H and O–H groups in total. The summed E-state index contributed by atoms with van der Waals surface area (Å²) in [5.74, 6) is -0.452. The molecule has 0 heterocycles. The second kappa shape index (κ2) is 22.0. The molecule has 0 aliphatic rings. The van der Waals surface area contributed by atoms with Gasteiger partial charge in [0, 0.05) is 13.2 Å². The van der Waals surface area contributed by atoms with Crippen LogP contribution in [-0.2, 0) is 22.4 Å². The van der Waals surface area contributed by atoms with Crippen LogP contribution in [0.1, 0.15) is 26.3 Å². The Hall–Kier alpha value is -0.330. The Morgan fingerprint density at radius 1 is 1.19 bits per heavy atom. The minimum absolute atomic E-state index is 0.219. The van der Waals surface area contributed by atoms with E-state index in [-0.39, 0.29) is 24.8 Å². The monoisotopic (exact) mass is 416 g/mol. The molecule has 0 spiro atoms. The molecular weight excluding hydrogens is 396 g/mol. The number of aliphatic hydroxyl groups is 2. The Morgan fingerprint density at radius 2 is 1.52 bits per heavy atom. The Morgan fingerprint density at radius 3 is 1.81 bits per heavy atom. The standard InChI is InChI=1S/C10H10O2.2C2H6O.2ClH.Nb/c1-8(11)7-10(12)9-5-3-2-4-6-9;2*1-2-3;;;/h2-7,12H,1H3;2*3H,2H2,1H3;2*1H;/q;;;;;+2/p-3/b10-7-;;;;;. The van der Waals surface area contributed by atoms with E-state index in [2.05, 4.69) is 0 Å². The summed E-state index contributed by atoms with van der Waals surface area (Å²) >= 11 is -0.706. The van der Waals surface area contributed by atoms with Gasteiger partial charge in [0.25, 0.3) is 0 Å². The van der Waals surface area contributed by atoms with Crippen LogP contribution in [0.25, 0.3) is 5.76 Å². The van der Waals surface area contributed by atoms with Gasteiger partial charge in [-0.1, -0.05) is 36.1 Å². The quantitative estimate of drug-likeness (QED) is 0.440. The van der Waals surface area contributed by atoms with Gasteiger partial charge in [0.1, 0.15) is 0 Å². The van der Waals surface area contributed by atoms with Crippen molar-refractivity contribution in [3.8, 4) is 0 Å². The van der Waals surface area contributed by atoms with Gasteiger partial charge < -0.3 is 15.3 Å². The minimum atomic E-state index is -0.706. The summed E-state index contributed by atoms with van der Waals surface area (Å²) in [6.45, 7) is 5.22. The van der Waals surface area contributed by atoms with Crippen molar-refractivity contribution in [2.24, 2.45) is 0 Å². The first-order valence-corrected chi connectivity index (χ1v) is 11.7. The van der Waals surface area contributed by atoms with Crippen molar-refractivity contribution >= 4 is 29.9 Å². The van der Waals surface area contributed by atoms with Crippen LogP contribution in [-0.4, -0.2) is 29.2 Å². The van der Waals surface area contributed by atoms with Gasteiger partial charge in [0.15, 0.2) is 5.78 Å². The van der Waals surface area contributed by atoms with E-state index in [1.54, 1.807) is 38.1 Å². The van der Waals surface area contributed by atoms with Gasteiger partial charge in [-0.3, -0.25) is 4.79 Å². The second-order valence-corrected chi connectivity index (χ2v) is 6.52. The number of benzene rings is 1. The molecule has 1 aromatic rings. The summed E-state index contributed by atoms with van der Waals surface area (Å²) in [7, 11) is 9.83. The molecule has 0 atom stereocenters. The number of hydrogen-bond acceptors (Lipinski definition) is 4. The fourth-order valence-corrected chi connectivity index (χ4v) is 0.870. The van der Waals surface area contributed by atoms with Crippen LogP contribution in [0.15, 0.2) is 36.4 Å². The molecule has 0 aliphatic carbocycles. The van der Waals surface area contributed by atoms with Gasteiger partial charge in [-0.05, 0) is 32.4 Å². The Labute approximate surface area is 143 Å². The molecule has 4 nitrogen and oxygen atoms in total. The topological polar surface area (TPSA) is 80.6 Å². The molecular formula is C14H21Cl2NbO4-. The van der Waals surface area contributed by atoms with Crippen LogP contribution in [0.5, 0.6) is 0 Å². The van der Waals surface area contributed by atoms with Gasteiger partial charge >= 0.3 is 36.0 Å². The van der Waals surface area contributed by atoms with Crippen molar-refractivity contribution in [3.05, 3.63) is 42.0 Å². The van der Waals surface area contributed by atoms with Crippen molar-refractivity contribution in [1.29, 1.82) is 0 Å². The predicted molar refractivity (Wildman–Crippen MR) is 82.3 cm³/mol. The van der Waals surface area contributed by atoms with E-state index in [0.29, 0.717) is 5.56 Å². The number of allylic oxidation sites excluding steroid dienone is 1. The van der Waals surface area contributed by atoms with E-state index in [4.69, 9.17) is 28.6 Å². The van der Waals surface area contributed by atoms with E-state index in [9.17, 15) is 9.90 Å². The van der Waals surface area contributed by atoms with Crippen molar-refractivity contribution in [1.82, 2.24) is 0 Å². The van der Waals surface area contributed by atoms with Crippen LogP contribution in [0.4, 0.5) is 0 Å². The average Bonchev–Trinajstić information content (AvgIpc) is 2.41. The Balaban J connectivity index is -0.000000300. The van der Waals surface area contributed by atoms with Crippen LogP contribution in [0.2, 0.25) is 0 Å². The second-order valence-electron chi connectivity index (χ2n) is 3.18. The first-order valence-electron chi connectivity index (χ1n) is 6.03. The van der Waals surface area contributed by atoms with Crippen LogP contribution < -0.4 is 5.11 Å². The summed E-state index contributed by atoms with van der Waals surface area (Å²) in [6, 6.07) is 8.72. The Bertz CT molecular complexity index is 354. The number of halogens is 2. The molecule has 1 aromatic carbocycles. The molecule has 0 bridgehead atoms. The number of carbonyl (C=O) groups is 1. The van der Waals surface area contributed by atoms with Crippen LogP contribution in [0.3, 0.4) is 0 Å². The maximum absolute atomic E-state index is 11.2.